The minimum absolute atomic E-state index is 0.0518. The molecule has 0 unspecified atom stereocenters. The maximum atomic E-state index is 13.2. The van der Waals surface area contributed by atoms with Crippen LogP contribution in [0.2, 0.25) is 0 Å². The Hall–Kier alpha value is -4.34. The molecule has 1 aromatic carbocycles. The van der Waals surface area contributed by atoms with Gasteiger partial charge in [-0.1, -0.05) is 38.1 Å². The van der Waals surface area contributed by atoms with Crippen molar-refractivity contribution in [2.75, 3.05) is 26.0 Å². The van der Waals surface area contributed by atoms with Crippen molar-refractivity contribution in [3.8, 4) is 0 Å². The SMILES string of the molecule is CNC(=O)/C=C/CC[C@@H](CN(C)C(=O)O)C(=O)Nc1cccn(Cc2cc3cccc(CC(C)C)c3[nH]2)c1=O. The molecule has 0 saturated heterocycles. The number of carboxylic acid groups (broad SMARTS) is 1. The minimum Gasteiger partial charge on any atom is -0.465 e. The molecule has 2 aromatic heterocycles. The van der Waals surface area contributed by atoms with Crippen molar-refractivity contribution >= 4 is 34.5 Å². The summed E-state index contributed by atoms with van der Waals surface area (Å²) in [6.07, 6.45) is 5.12. The number of likely N-dealkylation sites (N-methyl/N-ethyl adjacent to an activating group) is 1. The quantitative estimate of drug-likeness (QED) is 0.261. The second-order valence-corrected chi connectivity index (χ2v) is 10.1. The fourth-order valence-corrected chi connectivity index (χ4v) is 4.43. The second-order valence-electron chi connectivity index (χ2n) is 10.1. The van der Waals surface area contributed by atoms with Gasteiger partial charge in [0.15, 0.2) is 0 Å². The highest BCUT2D eigenvalue weighted by atomic mass is 16.4. The van der Waals surface area contributed by atoms with Crippen LogP contribution in [0.4, 0.5) is 10.5 Å². The Kier molecular flexibility index (Phi) is 10.1. The number of nitrogens with one attached hydrogen (secondary N) is 3. The van der Waals surface area contributed by atoms with Crippen molar-refractivity contribution in [3.05, 3.63) is 76.4 Å². The topological polar surface area (TPSA) is 137 Å². The summed E-state index contributed by atoms with van der Waals surface area (Å²) in [5, 5.41) is 15.5. The third-order valence-corrected chi connectivity index (χ3v) is 6.43. The van der Waals surface area contributed by atoms with E-state index in [2.05, 4.69) is 35.5 Å². The highest BCUT2D eigenvalue weighted by Gasteiger charge is 2.23. The van der Waals surface area contributed by atoms with Gasteiger partial charge in [-0.2, -0.15) is 0 Å². The van der Waals surface area contributed by atoms with E-state index in [0.29, 0.717) is 25.3 Å². The smallest absolute Gasteiger partial charge is 0.407 e. The number of aromatic amines is 1. The number of benzene rings is 1. The molecule has 3 rings (SSSR count). The lowest BCUT2D eigenvalue weighted by molar-refractivity contribution is -0.120. The summed E-state index contributed by atoms with van der Waals surface area (Å²) in [6.45, 7) is 4.60. The van der Waals surface area contributed by atoms with Gasteiger partial charge < -0.3 is 30.2 Å². The Morgan fingerprint density at radius 1 is 1.18 bits per heavy atom. The number of H-pyrrole nitrogens is 1. The summed E-state index contributed by atoms with van der Waals surface area (Å²) in [5.41, 5.74) is 2.91. The number of aromatic nitrogens is 2. The molecule has 10 nitrogen and oxygen atoms in total. The maximum absolute atomic E-state index is 13.2. The summed E-state index contributed by atoms with van der Waals surface area (Å²) >= 11 is 0. The van der Waals surface area contributed by atoms with Crippen LogP contribution in [0.3, 0.4) is 0 Å². The summed E-state index contributed by atoms with van der Waals surface area (Å²) in [7, 11) is 2.89. The van der Waals surface area contributed by atoms with E-state index in [1.807, 2.05) is 18.2 Å². The molecule has 39 heavy (non-hydrogen) atoms. The number of hydrogen-bond donors (Lipinski definition) is 4. The third kappa shape index (κ3) is 8.07. The number of anilines is 1. The van der Waals surface area contributed by atoms with Crippen molar-refractivity contribution in [3.63, 3.8) is 0 Å². The zero-order chi connectivity index (χ0) is 28.5. The van der Waals surface area contributed by atoms with Crippen LogP contribution in [0.1, 0.15) is 37.9 Å². The van der Waals surface area contributed by atoms with Crippen molar-refractivity contribution in [1.29, 1.82) is 0 Å². The van der Waals surface area contributed by atoms with Gasteiger partial charge in [-0.3, -0.25) is 14.4 Å². The van der Waals surface area contributed by atoms with Crippen molar-refractivity contribution < 1.29 is 19.5 Å². The molecule has 0 aliphatic carbocycles. The van der Waals surface area contributed by atoms with Crippen molar-refractivity contribution in [1.82, 2.24) is 19.8 Å². The number of amides is 3. The molecule has 10 heteroatoms. The number of carbonyl (C=O) groups excluding carboxylic acids is 2. The molecule has 1 atom stereocenters. The molecule has 0 aliphatic heterocycles. The Morgan fingerprint density at radius 2 is 1.95 bits per heavy atom. The van der Waals surface area contributed by atoms with Gasteiger partial charge in [-0.25, -0.2) is 4.79 Å². The number of para-hydroxylation sites is 1. The molecular weight excluding hydrogens is 498 g/mol. The van der Waals surface area contributed by atoms with Gasteiger partial charge in [0.25, 0.3) is 5.56 Å². The first-order valence-corrected chi connectivity index (χ1v) is 13.0. The molecule has 208 valence electrons. The molecule has 4 N–H and O–H groups in total. The van der Waals surface area contributed by atoms with Crippen LogP contribution in [-0.2, 0) is 22.6 Å². The fraction of sp³-hybridized carbons (Fsp3) is 0.379. The number of fused-ring (bicyclic) bond motifs is 1. The number of allylic oxidation sites excluding steroid dienone is 1. The number of hydrogen-bond acceptors (Lipinski definition) is 4. The van der Waals surface area contributed by atoms with Gasteiger partial charge in [-0.05, 0) is 60.4 Å². The maximum Gasteiger partial charge on any atom is 0.407 e. The lowest BCUT2D eigenvalue weighted by Gasteiger charge is -2.21. The summed E-state index contributed by atoms with van der Waals surface area (Å²) in [6, 6.07) is 11.4. The van der Waals surface area contributed by atoms with Gasteiger partial charge in [-0.15, -0.1) is 0 Å². The number of carbonyl (C=O) groups is 3. The van der Waals surface area contributed by atoms with Gasteiger partial charge in [0.2, 0.25) is 11.8 Å². The Morgan fingerprint density at radius 3 is 2.64 bits per heavy atom. The summed E-state index contributed by atoms with van der Waals surface area (Å²) in [5.74, 6) is -0.942. The average Bonchev–Trinajstić information content (AvgIpc) is 3.31. The van der Waals surface area contributed by atoms with Gasteiger partial charge in [0, 0.05) is 38.0 Å². The van der Waals surface area contributed by atoms with E-state index in [9.17, 15) is 24.3 Å². The van der Waals surface area contributed by atoms with E-state index >= 15 is 0 Å². The van der Waals surface area contributed by atoms with Gasteiger partial charge in [0.05, 0.1) is 12.5 Å². The zero-order valence-corrected chi connectivity index (χ0v) is 22.9. The third-order valence-electron chi connectivity index (χ3n) is 6.43. The predicted octanol–water partition coefficient (Wildman–Crippen LogP) is 3.82. The standard InChI is InChI=1S/C29H37N5O5/c1-19(2)15-20-10-7-11-21-16-23(31-26(20)21)18-34-14-8-12-24(28(34)37)32-27(36)22(17-33(4)29(38)39)9-5-6-13-25(35)30-3/h6-8,10-14,16,19,22,31H,5,9,15,17-18H2,1-4H3,(H,30,35)(H,32,36)(H,38,39)/b13-6+/t22-/m0/s1. The average molecular weight is 536 g/mol. The Balaban J connectivity index is 1.77. The zero-order valence-electron chi connectivity index (χ0n) is 22.9. The van der Waals surface area contributed by atoms with Crippen LogP contribution in [-0.4, -0.2) is 58.1 Å². The van der Waals surface area contributed by atoms with Gasteiger partial charge >= 0.3 is 6.09 Å². The number of rotatable bonds is 12. The van der Waals surface area contributed by atoms with Crippen molar-refractivity contribution in [2.45, 2.75) is 39.7 Å². The second kappa shape index (κ2) is 13.5. The van der Waals surface area contributed by atoms with E-state index in [1.54, 1.807) is 18.3 Å². The van der Waals surface area contributed by atoms with Crippen LogP contribution in [0.25, 0.3) is 10.9 Å². The summed E-state index contributed by atoms with van der Waals surface area (Å²) in [4.78, 5) is 53.6. The molecule has 0 saturated carbocycles. The monoisotopic (exact) mass is 535 g/mol. The first-order valence-electron chi connectivity index (χ1n) is 13.0. The molecule has 0 radical (unpaired) electrons. The van der Waals surface area contributed by atoms with E-state index in [1.165, 1.54) is 36.4 Å². The first-order chi connectivity index (χ1) is 18.6. The Labute approximate surface area is 227 Å². The molecule has 3 amide bonds. The van der Waals surface area contributed by atoms with E-state index < -0.39 is 17.9 Å². The molecule has 0 bridgehead atoms. The first kappa shape index (κ1) is 29.2. The van der Waals surface area contributed by atoms with E-state index in [4.69, 9.17) is 0 Å². The lowest BCUT2D eigenvalue weighted by atomic mass is 10.0. The molecular formula is C29H37N5O5. The predicted molar refractivity (Wildman–Crippen MR) is 152 cm³/mol. The highest BCUT2D eigenvalue weighted by molar-refractivity contribution is 5.92. The van der Waals surface area contributed by atoms with Crippen LogP contribution in [0.5, 0.6) is 0 Å². The number of pyridine rings is 1. The molecule has 2 heterocycles. The van der Waals surface area contributed by atoms with Crippen LogP contribution >= 0.6 is 0 Å². The molecule has 0 aliphatic rings. The molecule has 0 spiro atoms. The van der Waals surface area contributed by atoms with Crippen LogP contribution < -0.4 is 16.2 Å². The van der Waals surface area contributed by atoms with Crippen LogP contribution in [0, 0.1) is 11.8 Å². The molecule has 0 fully saturated rings. The van der Waals surface area contributed by atoms with E-state index in [-0.39, 0.29) is 23.7 Å². The summed E-state index contributed by atoms with van der Waals surface area (Å²) < 4.78 is 1.52. The lowest BCUT2D eigenvalue weighted by Crippen LogP contribution is -2.37. The minimum atomic E-state index is -1.16. The highest BCUT2D eigenvalue weighted by Crippen LogP contribution is 2.22. The largest absolute Gasteiger partial charge is 0.465 e. The molecule has 3 aromatic rings. The fourth-order valence-electron chi connectivity index (χ4n) is 4.43. The van der Waals surface area contributed by atoms with E-state index in [0.717, 1.165) is 27.9 Å². The van der Waals surface area contributed by atoms with Crippen LogP contribution in [0.15, 0.2) is 59.5 Å². The Bertz CT molecular complexity index is 1400. The van der Waals surface area contributed by atoms with Gasteiger partial charge in [0.1, 0.15) is 5.69 Å². The normalized spacial score (nSPS) is 12.1. The number of nitrogens with zero attached hydrogens (tertiary/aromatic N) is 2. The van der Waals surface area contributed by atoms with Crippen molar-refractivity contribution in [2.24, 2.45) is 11.8 Å².